The highest BCUT2D eigenvalue weighted by molar-refractivity contribution is 6.31. The quantitative estimate of drug-likeness (QED) is 0.825. The number of anilines is 2. The van der Waals surface area contributed by atoms with Gasteiger partial charge >= 0.3 is 5.97 Å². The summed E-state index contributed by atoms with van der Waals surface area (Å²) in [5.74, 6) is -0.971. The molecule has 0 saturated heterocycles. The second-order valence-electron chi connectivity index (χ2n) is 4.78. The summed E-state index contributed by atoms with van der Waals surface area (Å²) < 4.78 is 0. The smallest absolute Gasteiger partial charge is 0.337 e. The molecule has 0 bridgehead atoms. The van der Waals surface area contributed by atoms with Crippen LogP contribution in [0.3, 0.4) is 0 Å². The number of benzene rings is 2. The molecule has 0 aromatic heterocycles. The minimum atomic E-state index is -0.971. The van der Waals surface area contributed by atoms with Gasteiger partial charge in [0.05, 0.1) is 11.3 Å². The molecule has 0 saturated carbocycles. The van der Waals surface area contributed by atoms with Crippen molar-refractivity contribution in [2.24, 2.45) is 0 Å². The molecule has 0 atom stereocenters. The molecule has 4 heteroatoms. The first-order valence-corrected chi connectivity index (χ1v) is 7.35. The number of carbonyl (C=O) groups is 1. The van der Waals surface area contributed by atoms with Crippen molar-refractivity contribution in [3.8, 4) is 0 Å². The lowest BCUT2D eigenvalue weighted by Crippen LogP contribution is -2.05. The van der Waals surface area contributed by atoms with Gasteiger partial charge in [0.2, 0.25) is 0 Å². The number of nitrogens with one attached hydrogen (secondary N) is 1. The molecule has 0 spiro atoms. The Morgan fingerprint density at radius 3 is 2.29 bits per heavy atom. The van der Waals surface area contributed by atoms with Gasteiger partial charge in [0.1, 0.15) is 0 Å². The standard InChI is InChI=1S/C17H18ClNO2/c1-3-11-6-5-7-12(4-2)16(11)19-15-10-13(18)8-9-14(15)17(20)21/h5-10,19H,3-4H2,1-2H3,(H,20,21). The maximum atomic E-state index is 11.3. The Hall–Kier alpha value is -2.00. The number of aryl methyl sites for hydroxylation is 2. The van der Waals surface area contributed by atoms with E-state index in [1.54, 1.807) is 12.1 Å². The van der Waals surface area contributed by atoms with Gasteiger partial charge in [0.15, 0.2) is 0 Å². The molecule has 110 valence electrons. The first-order valence-electron chi connectivity index (χ1n) is 6.97. The van der Waals surface area contributed by atoms with Crippen molar-refractivity contribution in [1.82, 2.24) is 0 Å². The van der Waals surface area contributed by atoms with E-state index >= 15 is 0 Å². The van der Waals surface area contributed by atoms with Crippen LogP contribution in [0.1, 0.15) is 35.3 Å². The Kier molecular flexibility index (Phi) is 4.86. The van der Waals surface area contributed by atoms with Gasteiger partial charge in [-0.15, -0.1) is 0 Å². The fourth-order valence-electron chi connectivity index (χ4n) is 2.34. The zero-order valence-electron chi connectivity index (χ0n) is 12.1. The molecule has 2 N–H and O–H groups in total. The summed E-state index contributed by atoms with van der Waals surface area (Å²) in [5.41, 5.74) is 4.03. The van der Waals surface area contributed by atoms with Gasteiger partial charge in [0, 0.05) is 10.7 Å². The van der Waals surface area contributed by atoms with Gasteiger partial charge in [-0.25, -0.2) is 4.79 Å². The summed E-state index contributed by atoms with van der Waals surface area (Å²) in [6.07, 6.45) is 1.75. The van der Waals surface area contributed by atoms with E-state index < -0.39 is 5.97 Å². The summed E-state index contributed by atoms with van der Waals surface area (Å²) in [6.45, 7) is 4.16. The number of carboxylic acids is 1. The number of aromatic carboxylic acids is 1. The van der Waals surface area contributed by atoms with Crippen molar-refractivity contribution in [3.05, 3.63) is 58.1 Å². The lowest BCUT2D eigenvalue weighted by molar-refractivity contribution is 0.0698. The second-order valence-corrected chi connectivity index (χ2v) is 5.21. The normalized spacial score (nSPS) is 10.4. The van der Waals surface area contributed by atoms with E-state index in [2.05, 4.69) is 19.2 Å². The van der Waals surface area contributed by atoms with Crippen molar-refractivity contribution < 1.29 is 9.90 Å². The van der Waals surface area contributed by atoms with Crippen LogP contribution in [0.25, 0.3) is 0 Å². The molecular formula is C17H18ClNO2. The fraction of sp³-hybridized carbons (Fsp3) is 0.235. The number of halogens is 1. The Labute approximate surface area is 129 Å². The van der Waals surface area contributed by atoms with Crippen LogP contribution >= 0.6 is 11.6 Å². The van der Waals surface area contributed by atoms with Gasteiger partial charge < -0.3 is 10.4 Å². The molecule has 0 aliphatic heterocycles. The lowest BCUT2D eigenvalue weighted by Gasteiger charge is -2.17. The van der Waals surface area contributed by atoms with Gasteiger partial charge in [-0.1, -0.05) is 43.6 Å². The van der Waals surface area contributed by atoms with E-state index in [1.165, 1.54) is 6.07 Å². The monoisotopic (exact) mass is 303 g/mol. The third-order valence-electron chi connectivity index (χ3n) is 3.47. The van der Waals surface area contributed by atoms with Crippen LogP contribution in [0.2, 0.25) is 5.02 Å². The topological polar surface area (TPSA) is 49.3 Å². The van der Waals surface area contributed by atoms with Crippen LogP contribution in [0, 0.1) is 0 Å². The highest BCUT2D eigenvalue weighted by Gasteiger charge is 2.13. The molecule has 21 heavy (non-hydrogen) atoms. The Morgan fingerprint density at radius 2 is 1.76 bits per heavy atom. The molecule has 0 aliphatic rings. The summed E-state index contributed by atoms with van der Waals surface area (Å²) in [6, 6.07) is 10.9. The molecule has 0 fully saturated rings. The molecule has 0 radical (unpaired) electrons. The van der Waals surface area contributed by atoms with Crippen molar-refractivity contribution in [1.29, 1.82) is 0 Å². The van der Waals surface area contributed by atoms with Crippen LogP contribution in [0.4, 0.5) is 11.4 Å². The van der Waals surface area contributed by atoms with Gasteiger partial charge in [0.25, 0.3) is 0 Å². The molecule has 2 aromatic rings. The molecule has 2 aromatic carbocycles. The molecule has 0 heterocycles. The number of hydrogen-bond donors (Lipinski definition) is 2. The maximum absolute atomic E-state index is 11.3. The largest absolute Gasteiger partial charge is 0.478 e. The predicted octanol–water partition coefficient (Wildman–Crippen LogP) is 4.91. The highest BCUT2D eigenvalue weighted by atomic mass is 35.5. The van der Waals surface area contributed by atoms with Gasteiger partial charge in [-0.2, -0.15) is 0 Å². The second kappa shape index (κ2) is 6.64. The Balaban J connectivity index is 2.52. The van der Waals surface area contributed by atoms with Gasteiger partial charge in [-0.05, 0) is 42.2 Å². The van der Waals surface area contributed by atoms with Crippen molar-refractivity contribution in [2.75, 3.05) is 5.32 Å². The number of para-hydroxylation sites is 1. The van der Waals surface area contributed by atoms with E-state index in [0.29, 0.717) is 10.7 Å². The minimum absolute atomic E-state index is 0.215. The SMILES string of the molecule is CCc1cccc(CC)c1Nc1cc(Cl)ccc1C(=O)O. The van der Waals surface area contributed by atoms with Crippen LogP contribution in [0.15, 0.2) is 36.4 Å². The van der Waals surface area contributed by atoms with Crippen LogP contribution in [-0.4, -0.2) is 11.1 Å². The summed E-state index contributed by atoms with van der Waals surface area (Å²) in [5, 5.41) is 13.1. The maximum Gasteiger partial charge on any atom is 0.337 e. The fourth-order valence-corrected chi connectivity index (χ4v) is 2.52. The van der Waals surface area contributed by atoms with Gasteiger partial charge in [-0.3, -0.25) is 0 Å². The molecule has 0 unspecified atom stereocenters. The van der Waals surface area contributed by atoms with Crippen LogP contribution < -0.4 is 5.32 Å². The van der Waals surface area contributed by atoms with E-state index in [-0.39, 0.29) is 5.56 Å². The first kappa shape index (κ1) is 15.4. The molecule has 0 amide bonds. The average Bonchev–Trinajstić information content (AvgIpc) is 2.47. The van der Waals surface area contributed by atoms with Crippen LogP contribution in [-0.2, 0) is 12.8 Å². The molecular weight excluding hydrogens is 286 g/mol. The molecule has 3 nitrogen and oxygen atoms in total. The van der Waals surface area contributed by atoms with E-state index in [1.807, 2.05) is 18.2 Å². The predicted molar refractivity (Wildman–Crippen MR) is 86.9 cm³/mol. The van der Waals surface area contributed by atoms with E-state index in [0.717, 1.165) is 29.7 Å². The van der Waals surface area contributed by atoms with Crippen LogP contribution in [0.5, 0.6) is 0 Å². The van der Waals surface area contributed by atoms with E-state index in [4.69, 9.17) is 11.6 Å². The average molecular weight is 304 g/mol. The first-order chi connectivity index (χ1) is 10.1. The van der Waals surface area contributed by atoms with E-state index in [9.17, 15) is 9.90 Å². The van der Waals surface area contributed by atoms with Crippen molar-refractivity contribution in [2.45, 2.75) is 26.7 Å². The third-order valence-corrected chi connectivity index (χ3v) is 3.71. The molecule has 2 rings (SSSR count). The minimum Gasteiger partial charge on any atom is -0.478 e. The number of rotatable bonds is 5. The summed E-state index contributed by atoms with van der Waals surface area (Å²) in [4.78, 5) is 11.3. The molecule has 0 aliphatic carbocycles. The number of carboxylic acid groups (broad SMARTS) is 1. The zero-order chi connectivity index (χ0) is 15.4. The number of hydrogen-bond acceptors (Lipinski definition) is 2. The van der Waals surface area contributed by atoms with Crippen molar-refractivity contribution >= 4 is 28.9 Å². The third kappa shape index (κ3) is 3.37. The highest BCUT2D eigenvalue weighted by Crippen LogP contribution is 2.30. The summed E-state index contributed by atoms with van der Waals surface area (Å²) >= 11 is 6.00. The summed E-state index contributed by atoms with van der Waals surface area (Å²) in [7, 11) is 0. The Morgan fingerprint density at radius 1 is 1.14 bits per heavy atom. The Bertz CT molecular complexity index is 646. The zero-order valence-corrected chi connectivity index (χ0v) is 12.9. The lowest BCUT2D eigenvalue weighted by atomic mass is 10.0. The van der Waals surface area contributed by atoms with Crippen molar-refractivity contribution in [3.63, 3.8) is 0 Å².